The number of hydrogen-bond donors (Lipinski definition) is 0. The smallest absolute Gasteiger partial charge is 0.355 e. The van der Waals surface area contributed by atoms with Gasteiger partial charge in [0.1, 0.15) is 12.3 Å². The van der Waals surface area contributed by atoms with Gasteiger partial charge in [0, 0.05) is 18.8 Å². The average molecular weight is 259 g/mol. The van der Waals surface area contributed by atoms with Gasteiger partial charge in [0.05, 0.1) is 17.8 Å². The second kappa shape index (κ2) is 4.08. The predicted molar refractivity (Wildman–Crippen MR) is 67.9 cm³/mol. The van der Waals surface area contributed by atoms with Gasteiger partial charge in [-0.1, -0.05) is 0 Å². The van der Waals surface area contributed by atoms with Gasteiger partial charge in [0.15, 0.2) is 0 Å². The molecule has 3 heterocycles. The van der Waals surface area contributed by atoms with E-state index in [4.69, 9.17) is 4.74 Å². The van der Waals surface area contributed by atoms with Crippen molar-refractivity contribution >= 4 is 5.97 Å². The lowest BCUT2D eigenvalue weighted by atomic mass is 10.1. The molecule has 1 aliphatic rings. The summed E-state index contributed by atoms with van der Waals surface area (Å²) in [6.45, 7) is 2.49. The maximum absolute atomic E-state index is 12.4. The van der Waals surface area contributed by atoms with E-state index in [0.717, 1.165) is 11.3 Å². The van der Waals surface area contributed by atoms with Crippen LogP contribution in [-0.2, 0) is 18.3 Å². The minimum atomic E-state index is -0.446. The molecule has 0 N–H and O–H groups in total. The van der Waals surface area contributed by atoms with Crippen LogP contribution in [0, 0.1) is 6.92 Å². The highest BCUT2D eigenvalue weighted by Crippen LogP contribution is 2.20. The quantitative estimate of drug-likeness (QED) is 0.708. The lowest BCUT2D eigenvalue weighted by Crippen LogP contribution is -2.33. The Balaban J connectivity index is 2.22. The molecule has 0 saturated carbocycles. The Hall–Kier alpha value is -2.37. The van der Waals surface area contributed by atoms with Crippen molar-refractivity contribution in [2.45, 2.75) is 13.5 Å². The number of ether oxygens (including phenoxy) is 1. The van der Waals surface area contributed by atoms with Crippen LogP contribution in [0.3, 0.4) is 0 Å². The van der Waals surface area contributed by atoms with Crippen LogP contribution < -0.4 is 5.56 Å². The number of pyridine rings is 1. The number of aromatic nitrogens is 3. The van der Waals surface area contributed by atoms with Crippen LogP contribution in [-0.4, -0.2) is 26.9 Å². The van der Waals surface area contributed by atoms with Crippen LogP contribution >= 0.6 is 0 Å². The van der Waals surface area contributed by atoms with E-state index in [1.165, 1.54) is 4.57 Å². The molecule has 0 radical (unpaired) electrons. The highest BCUT2D eigenvalue weighted by atomic mass is 16.5. The van der Waals surface area contributed by atoms with Gasteiger partial charge in [-0.3, -0.25) is 14.0 Å². The van der Waals surface area contributed by atoms with Gasteiger partial charge in [0.2, 0.25) is 0 Å². The van der Waals surface area contributed by atoms with Crippen molar-refractivity contribution in [3.05, 3.63) is 40.1 Å². The van der Waals surface area contributed by atoms with Crippen molar-refractivity contribution in [2.24, 2.45) is 7.05 Å². The van der Waals surface area contributed by atoms with E-state index in [1.807, 2.05) is 14.0 Å². The summed E-state index contributed by atoms with van der Waals surface area (Å²) in [5.74, 6) is -0.446. The molecule has 2 aromatic heterocycles. The molecule has 1 aliphatic heterocycles. The Morgan fingerprint density at radius 3 is 2.74 bits per heavy atom. The summed E-state index contributed by atoms with van der Waals surface area (Å²) in [7, 11) is 1.81. The lowest BCUT2D eigenvalue weighted by molar-refractivity contribution is 0.0416. The third kappa shape index (κ3) is 1.76. The summed E-state index contributed by atoms with van der Waals surface area (Å²) in [6.07, 6.45) is 1.81. The molecule has 6 heteroatoms. The normalized spacial score (nSPS) is 14.1. The summed E-state index contributed by atoms with van der Waals surface area (Å²) in [4.78, 5) is 24.0. The molecule has 6 nitrogen and oxygen atoms in total. The first-order chi connectivity index (χ1) is 9.08. The minimum Gasteiger partial charge on any atom is -0.459 e. The fraction of sp³-hybridized carbons (Fsp3) is 0.308. The largest absolute Gasteiger partial charge is 0.459 e. The molecule has 0 aliphatic carbocycles. The molecular weight excluding hydrogens is 246 g/mol. The van der Waals surface area contributed by atoms with Crippen LogP contribution in [0.1, 0.15) is 16.2 Å². The number of cyclic esters (lactones) is 1. The summed E-state index contributed by atoms with van der Waals surface area (Å²) in [6, 6.07) is 3.29. The maximum atomic E-state index is 12.4. The molecule has 0 unspecified atom stereocenters. The number of fused-ring (bicyclic) bond motifs is 1. The highest BCUT2D eigenvalue weighted by Gasteiger charge is 2.22. The van der Waals surface area contributed by atoms with Crippen molar-refractivity contribution in [1.29, 1.82) is 0 Å². The monoisotopic (exact) mass is 259 g/mol. The van der Waals surface area contributed by atoms with Crippen molar-refractivity contribution in [3.63, 3.8) is 0 Å². The van der Waals surface area contributed by atoms with Gasteiger partial charge in [-0.05, 0) is 19.1 Å². The predicted octanol–water partition coefficient (Wildman–Crippen LogP) is 0.728. The Morgan fingerprint density at radius 1 is 1.26 bits per heavy atom. The molecule has 0 atom stereocenters. The molecule has 0 aromatic carbocycles. The number of rotatable bonds is 1. The fourth-order valence-corrected chi connectivity index (χ4v) is 2.35. The SMILES string of the molecule is Cc1nn(C)cc1-c1ccc2n(c1=O)CCOC2=O. The molecule has 0 fully saturated rings. The van der Waals surface area contributed by atoms with Gasteiger partial charge in [-0.2, -0.15) is 5.10 Å². The number of aryl methyl sites for hydroxylation is 2. The second-order valence-electron chi connectivity index (χ2n) is 4.53. The maximum Gasteiger partial charge on any atom is 0.355 e. The molecule has 98 valence electrons. The number of carbonyl (C=O) groups excluding carboxylic acids is 1. The summed E-state index contributed by atoms with van der Waals surface area (Å²) >= 11 is 0. The lowest BCUT2D eigenvalue weighted by Gasteiger charge is -2.18. The Bertz CT molecular complexity index is 727. The zero-order chi connectivity index (χ0) is 13.6. The van der Waals surface area contributed by atoms with Crippen molar-refractivity contribution in [2.75, 3.05) is 6.61 Å². The van der Waals surface area contributed by atoms with Gasteiger partial charge in [0.25, 0.3) is 5.56 Å². The summed E-state index contributed by atoms with van der Waals surface area (Å²) in [5, 5.41) is 4.23. The zero-order valence-electron chi connectivity index (χ0n) is 10.7. The molecule has 0 saturated heterocycles. The van der Waals surface area contributed by atoms with Crippen LogP contribution in [0.4, 0.5) is 0 Å². The van der Waals surface area contributed by atoms with Crippen LogP contribution in [0.15, 0.2) is 23.1 Å². The van der Waals surface area contributed by atoms with Gasteiger partial charge < -0.3 is 4.74 Å². The fourth-order valence-electron chi connectivity index (χ4n) is 2.35. The van der Waals surface area contributed by atoms with Crippen molar-refractivity contribution < 1.29 is 9.53 Å². The van der Waals surface area contributed by atoms with Crippen molar-refractivity contribution in [1.82, 2.24) is 14.3 Å². The topological polar surface area (TPSA) is 66.1 Å². The first-order valence-corrected chi connectivity index (χ1v) is 5.99. The first-order valence-electron chi connectivity index (χ1n) is 5.99. The van der Waals surface area contributed by atoms with Crippen LogP contribution in [0.5, 0.6) is 0 Å². The minimum absolute atomic E-state index is 0.176. The Morgan fingerprint density at radius 2 is 2.05 bits per heavy atom. The molecule has 0 spiro atoms. The van der Waals surface area contributed by atoms with Crippen molar-refractivity contribution in [3.8, 4) is 11.1 Å². The number of carbonyl (C=O) groups is 1. The molecular formula is C13H13N3O3. The van der Waals surface area contributed by atoms with E-state index in [9.17, 15) is 9.59 Å². The van der Waals surface area contributed by atoms with Gasteiger partial charge in [-0.25, -0.2) is 4.79 Å². The van der Waals surface area contributed by atoms with E-state index >= 15 is 0 Å². The van der Waals surface area contributed by atoms with E-state index in [0.29, 0.717) is 17.8 Å². The summed E-state index contributed by atoms with van der Waals surface area (Å²) < 4.78 is 8.05. The van der Waals surface area contributed by atoms with Gasteiger partial charge in [-0.15, -0.1) is 0 Å². The zero-order valence-corrected chi connectivity index (χ0v) is 10.7. The van der Waals surface area contributed by atoms with Crippen LogP contribution in [0.2, 0.25) is 0 Å². The number of nitrogens with zero attached hydrogens (tertiary/aromatic N) is 3. The summed E-state index contributed by atoms with van der Waals surface area (Å²) in [5.41, 5.74) is 2.27. The van der Waals surface area contributed by atoms with E-state index in [2.05, 4.69) is 5.10 Å². The molecule has 0 amide bonds. The third-order valence-electron chi connectivity index (χ3n) is 3.24. The molecule has 19 heavy (non-hydrogen) atoms. The third-order valence-corrected chi connectivity index (χ3v) is 3.24. The highest BCUT2D eigenvalue weighted by molar-refractivity contribution is 5.88. The van der Waals surface area contributed by atoms with Gasteiger partial charge >= 0.3 is 5.97 Å². The number of hydrogen-bond acceptors (Lipinski definition) is 4. The number of esters is 1. The average Bonchev–Trinajstić information content (AvgIpc) is 2.70. The van der Waals surface area contributed by atoms with Crippen LogP contribution in [0.25, 0.3) is 11.1 Å². The Labute approximate surface area is 109 Å². The second-order valence-corrected chi connectivity index (χ2v) is 4.53. The van der Waals surface area contributed by atoms with E-state index in [-0.39, 0.29) is 12.2 Å². The standard InChI is InChI=1S/C13H13N3O3/c1-8-10(7-15(2)14-8)9-3-4-11-13(18)19-6-5-16(11)12(9)17/h3-4,7H,5-6H2,1-2H3. The molecule has 0 bridgehead atoms. The molecule has 2 aromatic rings. The first kappa shape index (κ1) is 11.7. The van der Waals surface area contributed by atoms with E-state index in [1.54, 1.807) is 23.0 Å². The molecule has 3 rings (SSSR count). The van der Waals surface area contributed by atoms with E-state index < -0.39 is 5.97 Å². The Kier molecular flexibility index (Phi) is 2.51.